The molecule has 0 saturated heterocycles. The summed E-state index contributed by atoms with van der Waals surface area (Å²) in [6, 6.07) is 0. The third-order valence-electron chi connectivity index (χ3n) is 4.39. The normalized spacial score (nSPS) is 14.9. The van der Waals surface area contributed by atoms with Crippen molar-refractivity contribution < 1.29 is 4.79 Å². The number of guanidine groups is 1. The summed E-state index contributed by atoms with van der Waals surface area (Å²) < 4.78 is 0. The first-order valence-corrected chi connectivity index (χ1v) is 9.54. The Morgan fingerprint density at radius 1 is 1.20 bits per heavy atom. The van der Waals surface area contributed by atoms with Gasteiger partial charge in [0.05, 0.1) is 12.2 Å². The molecule has 1 heterocycles. The number of amides is 1. The van der Waals surface area contributed by atoms with Crippen molar-refractivity contribution in [2.75, 3.05) is 20.1 Å². The monoisotopic (exact) mass is 479 g/mol. The number of aromatic nitrogens is 1. The molecule has 0 aliphatic heterocycles. The molecule has 0 radical (unpaired) electrons. The molecule has 6 nitrogen and oxygen atoms in total. The van der Waals surface area contributed by atoms with Gasteiger partial charge in [-0.3, -0.25) is 9.79 Å². The lowest BCUT2D eigenvalue weighted by Crippen LogP contribution is -2.41. The van der Waals surface area contributed by atoms with E-state index in [1.165, 1.54) is 30.6 Å². The number of thiazole rings is 1. The van der Waals surface area contributed by atoms with Crippen molar-refractivity contribution in [2.45, 2.75) is 52.5 Å². The number of nitrogens with zero attached hydrogens (tertiary/aromatic N) is 2. The number of rotatable bonds is 7. The van der Waals surface area contributed by atoms with Gasteiger partial charge in [0, 0.05) is 31.4 Å². The molecule has 1 aromatic rings. The van der Waals surface area contributed by atoms with Gasteiger partial charge in [-0.1, -0.05) is 12.8 Å². The summed E-state index contributed by atoms with van der Waals surface area (Å²) in [7, 11) is 1.74. The molecule has 0 unspecified atom stereocenters. The first-order chi connectivity index (χ1) is 11.6. The fourth-order valence-electron chi connectivity index (χ4n) is 2.93. The molecule has 142 valence electrons. The van der Waals surface area contributed by atoms with Gasteiger partial charge in [0.25, 0.3) is 0 Å². The van der Waals surface area contributed by atoms with Gasteiger partial charge < -0.3 is 16.0 Å². The molecule has 1 saturated carbocycles. The molecule has 0 bridgehead atoms. The van der Waals surface area contributed by atoms with Crippen LogP contribution in [0.2, 0.25) is 0 Å². The maximum atomic E-state index is 11.9. The number of nitrogens with one attached hydrogen (secondary N) is 3. The molecule has 1 aromatic heterocycles. The molecular weight excluding hydrogens is 449 g/mol. The van der Waals surface area contributed by atoms with Crippen LogP contribution in [-0.4, -0.2) is 37.0 Å². The second kappa shape index (κ2) is 11.7. The van der Waals surface area contributed by atoms with Gasteiger partial charge >= 0.3 is 0 Å². The summed E-state index contributed by atoms with van der Waals surface area (Å²) in [6.45, 7) is 6.04. The van der Waals surface area contributed by atoms with Crippen molar-refractivity contribution in [1.29, 1.82) is 0 Å². The lowest BCUT2D eigenvalue weighted by Gasteiger charge is -2.12. The Balaban J connectivity index is 0.00000312. The number of halogens is 1. The van der Waals surface area contributed by atoms with Crippen LogP contribution < -0.4 is 16.0 Å². The van der Waals surface area contributed by atoms with E-state index >= 15 is 0 Å². The fraction of sp³-hybridized carbons (Fsp3) is 0.706. The molecule has 2 rings (SSSR count). The molecule has 1 aliphatic rings. The molecule has 1 amide bonds. The van der Waals surface area contributed by atoms with Crippen molar-refractivity contribution in [1.82, 2.24) is 20.9 Å². The molecule has 25 heavy (non-hydrogen) atoms. The van der Waals surface area contributed by atoms with Gasteiger partial charge in [0.1, 0.15) is 5.01 Å². The average Bonchev–Trinajstić information content (AvgIpc) is 3.17. The van der Waals surface area contributed by atoms with Crippen molar-refractivity contribution in [3.8, 4) is 0 Å². The van der Waals surface area contributed by atoms with Gasteiger partial charge in [0.2, 0.25) is 5.91 Å². The Hall–Kier alpha value is -0.900. The summed E-state index contributed by atoms with van der Waals surface area (Å²) >= 11 is 1.70. The van der Waals surface area contributed by atoms with E-state index in [0.717, 1.165) is 16.7 Å². The lowest BCUT2D eigenvalue weighted by atomic mass is 10.0. The number of aryl methyl sites for hydroxylation is 2. The maximum Gasteiger partial charge on any atom is 0.220 e. The predicted molar refractivity (Wildman–Crippen MR) is 115 cm³/mol. The number of hydrogen-bond donors (Lipinski definition) is 3. The first kappa shape index (κ1) is 22.1. The fourth-order valence-corrected chi connectivity index (χ4v) is 3.80. The highest BCUT2D eigenvalue weighted by molar-refractivity contribution is 14.0. The summed E-state index contributed by atoms with van der Waals surface area (Å²) in [5, 5.41) is 10.5. The largest absolute Gasteiger partial charge is 0.355 e. The third-order valence-corrected chi connectivity index (χ3v) is 5.46. The van der Waals surface area contributed by atoms with E-state index in [1.54, 1.807) is 18.4 Å². The zero-order chi connectivity index (χ0) is 17.4. The third kappa shape index (κ3) is 7.89. The number of carbonyl (C=O) groups is 1. The minimum atomic E-state index is 0. The number of hydrogen-bond acceptors (Lipinski definition) is 4. The van der Waals surface area contributed by atoms with Gasteiger partial charge in [-0.05, 0) is 32.6 Å². The Morgan fingerprint density at radius 3 is 2.48 bits per heavy atom. The quantitative estimate of drug-likeness (QED) is 0.243. The van der Waals surface area contributed by atoms with Crippen molar-refractivity contribution in [2.24, 2.45) is 10.9 Å². The highest BCUT2D eigenvalue weighted by Gasteiger charge is 2.17. The average molecular weight is 479 g/mol. The Kier molecular flexibility index (Phi) is 10.3. The minimum Gasteiger partial charge on any atom is -0.355 e. The van der Waals surface area contributed by atoms with Crippen LogP contribution >= 0.6 is 35.3 Å². The molecule has 3 N–H and O–H groups in total. The summed E-state index contributed by atoms with van der Waals surface area (Å²) in [5.74, 6) is 1.49. The van der Waals surface area contributed by atoms with Crippen LogP contribution in [0.5, 0.6) is 0 Å². The minimum absolute atomic E-state index is 0. The smallest absolute Gasteiger partial charge is 0.220 e. The molecular formula is C17H30IN5OS. The number of aliphatic imine (C=N–C) groups is 1. The summed E-state index contributed by atoms with van der Waals surface area (Å²) in [4.78, 5) is 21.8. The van der Waals surface area contributed by atoms with Gasteiger partial charge in [-0.15, -0.1) is 35.3 Å². The van der Waals surface area contributed by atoms with Gasteiger partial charge in [-0.25, -0.2) is 4.98 Å². The van der Waals surface area contributed by atoms with Crippen LogP contribution in [0.15, 0.2) is 4.99 Å². The van der Waals surface area contributed by atoms with Gasteiger partial charge in [-0.2, -0.15) is 0 Å². The van der Waals surface area contributed by atoms with Crippen molar-refractivity contribution in [3.05, 3.63) is 15.6 Å². The van der Waals surface area contributed by atoms with Crippen LogP contribution in [0, 0.1) is 19.8 Å². The van der Waals surface area contributed by atoms with E-state index in [1.807, 2.05) is 6.92 Å². The van der Waals surface area contributed by atoms with Gasteiger partial charge in [0.15, 0.2) is 5.96 Å². The molecule has 0 atom stereocenters. The second-order valence-electron chi connectivity index (χ2n) is 6.31. The highest BCUT2D eigenvalue weighted by atomic mass is 127. The zero-order valence-corrected chi connectivity index (χ0v) is 18.5. The molecule has 1 fully saturated rings. The van der Waals surface area contributed by atoms with Crippen LogP contribution in [0.25, 0.3) is 0 Å². The highest BCUT2D eigenvalue weighted by Crippen LogP contribution is 2.27. The van der Waals surface area contributed by atoms with Crippen molar-refractivity contribution >= 4 is 47.2 Å². The van der Waals surface area contributed by atoms with E-state index in [9.17, 15) is 4.79 Å². The SMILES string of the molecule is CN=C(NCCNC(=O)CC1CCCC1)NCc1nc(C)c(C)s1.I. The maximum absolute atomic E-state index is 11.9. The van der Waals surface area contributed by atoms with E-state index in [4.69, 9.17) is 0 Å². The number of carbonyl (C=O) groups excluding carboxylic acids is 1. The summed E-state index contributed by atoms with van der Waals surface area (Å²) in [6.07, 6.45) is 5.64. The Labute approximate surface area is 171 Å². The topological polar surface area (TPSA) is 78.4 Å². The molecule has 0 aromatic carbocycles. The second-order valence-corrected chi connectivity index (χ2v) is 7.59. The van der Waals surface area contributed by atoms with E-state index in [2.05, 4.69) is 32.9 Å². The Morgan fingerprint density at radius 2 is 1.88 bits per heavy atom. The predicted octanol–water partition coefficient (Wildman–Crippen LogP) is 2.74. The Bertz CT molecular complexity index is 550. The van der Waals surface area contributed by atoms with Crippen LogP contribution in [0.3, 0.4) is 0 Å². The molecule has 1 aliphatic carbocycles. The standard InChI is InChI=1S/C17H29N5OS.HI/c1-12-13(2)24-16(22-12)11-21-17(18-3)20-9-8-19-15(23)10-14-6-4-5-7-14;/h14H,4-11H2,1-3H3,(H,19,23)(H2,18,20,21);1H. The lowest BCUT2D eigenvalue weighted by molar-refractivity contribution is -0.121. The summed E-state index contributed by atoms with van der Waals surface area (Å²) in [5.41, 5.74) is 1.09. The van der Waals surface area contributed by atoms with E-state index < -0.39 is 0 Å². The zero-order valence-electron chi connectivity index (χ0n) is 15.4. The van der Waals surface area contributed by atoms with Crippen molar-refractivity contribution in [3.63, 3.8) is 0 Å². The first-order valence-electron chi connectivity index (χ1n) is 8.72. The van der Waals surface area contributed by atoms with Crippen LogP contribution in [0.4, 0.5) is 0 Å². The van der Waals surface area contributed by atoms with E-state index in [-0.39, 0.29) is 29.9 Å². The van der Waals surface area contributed by atoms with Crippen LogP contribution in [0.1, 0.15) is 47.7 Å². The molecule has 0 spiro atoms. The van der Waals surface area contributed by atoms with E-state index in [0.29, 0.717) is 32.0 Å². The molecule has 8 heteroatoms. The van der Waals surface area contributed by atoms with Crippen LogP contribution in [-0.2, 0) is 11.3 Å².